The van der Waals surface area contributed by atoms with Crippen molar-refractivity contribution in [3.63, 3.8) is 0 Å². The van der Waals surface area contributed by atoms with E-state index in [4.69, 9.17) is 24.2 Å². The minimum Gasteiger partial charge on any atom is -0.499 e. The number of pyridine rings is 2. The quantitative estimate of drug-likeness (QED) is 0.167. The first-order valence-electron chi connectivity index (χ1n) is 15.2. The van der Waals surface area contributed by atoms with Gasteiger partial charge in [0.25, 0.3) is 0 Å². The molecule has 0 bridgehead atoms. The Bertz CT molecular complexity index is 1980. The largest absolute Gasteiger partial charge is 0.499 e. The number of hydrogen-bond donors (Lipinski definition) is 0. The molecule has 0 aliphatic carbocycles. The molecule has 1 radical (unpaired) electrons. The maximum Gasteiger partial charge on any atom is 0.139 e. The van der Waals surface area contributed by atoms with E-state index in [2.05, 4.69) is 48.9 Å². The molecule has 0 aliphatic rings. The molecule has 40 heavy (non-hydrogen) atoms. The first-order chi connectivity index (χ1) is 21.0. The van der Waals surface area contributed by atoms with Crippen molar-refractivity contribution in [2.75, 3.05) is 0 Å². The Balaban J connectivity index is 0.000000230. The summed E-state index contributed by atoms with van der Waals surface area (Å²) in [5, 5.41) is 2.05. The molecule has 0 N–H and O–H groups in total. The van der Waals surface area contributed by atoms with Gasteiger partial charge in [-0.1, -0.05) is 79.2 Å². The minimum absolute atomic E-state index is 0. The minimum atomic E-state index is -2.60. The molecule has 0 saturated heterocycles. The fourth-order valence-electron chi connectivity index (χ4n) is 4.07. The second-order valence-electron chi connectivity index (χ2n) is 10.0. The van der Waals surface area contributed by atoms with Gasteiger partial charge in [0.05, 0.1) is 10.6 Å². The number of rotatable bonds is 2. The van der Waals surface area contributed by atoms with Crippen molar-refractivity contribution in [3.05, 3.63) is 119 Å². The number of fused-ring (bicyclic) bond motifs is 3. The van der Waals surface area contributed by atoms with Crippen LogP contribution in [0.5, 0.6) is 0 Å². The molecule has 0 spiro atoms. The third-order valence-corrected chi connectivity index (χ3v) is 6.55. The number of hydrogen-bond acceptors (Lipinski definition) is 3. The molecule has 0 atom stereocenters. The summed E-state index contributed by atoms with van der Waals surface area (Å²) in [6, 6.07) is 24.5. The van der Waals surface area contributed by atoms with E-state index >= 15 is 0 Å². The predicted octanol–water partition coefficient (Wildman–Crippen LogP) is 9.70. The number of para-hydroxylation sites is 1. The first kappa shape index (κ1) is 22.3. The van der Waals surface area contributed by atoms with Crippen molar-refractivity contribution in [1.82, 2.24) is 9.97 Å². The molecular formula is C34H28ClFIrN2O-2. The van der Waals surface area contributed by atoms with Crippen LogP contribution in [0.2, 0.25) is 5.02 Å². The first-order valence-corrected chi connectivity index (χ1v) is 12.6. The molecule has 3 heterocycles. The summed E-state index contributed by atoms with van der Waals surface area (Å²) < 4.78 is 64.7. The fraction of sp³-hybridized carbons (Fsp3) is 0.176. The van der Waals surface area contributed by atoms with E-state index in [0.29, 0.717) is 21.8 Å². The van der Waals surface area contributed by atoms with Gasteiger partial charge in [0.1, 0.15) is 5.58 Å². The van der Waals surface area contributed by atoms with Gasteiger partial charge in [0.2, 0.25) is 0 Å². The standard InChI is InChI=1S/C19H13ClNO.C15H15FN.Ir/c1-11-9-17(21-10-12(11)2)15-7-3-5-13-14-6-4-8-16(20)19(14)22-18(13)15;1-15(2,3)12-6-9-14(17-10-12)11-4-7-13(16)8-5-11;/h3-6,8-10H,1-2H3;4,6-10H,1-3H3;/q2*-1;/i1D3,2D3;;. The van der Waals surface area contributed by atoms with Gasteiger partial charge >= 0.3 is 0 Å². The van der Waals surface area contributed by atoms with Crippen LogP contribution in [0.3, 0.4) is 0 Å². The zero-order chi connectivity index (χ0) is 32.7. The molecule has 3 aromatic heterocycles. The van der Waals surface area contributed by atoms with Crippen LogP contribution in [0.15, 0.2) is 83.5 Å². The molecule has 0 saturated carbocycles. The third-order valence-electron chi connectivity index (χ3n) is 6.25. The van der Waals surface area contributed by atoms with E-state index in [9.17, 15) is 4.39 Å². The molecule has 0 aliphatic heterocycles. The summed E-state index contributed by atoms with van der Waals surface area (Å²) in [5.41, 5.74) is 4.01. The van der Waals surface area contributed by atoms with Gasteiger partial charge < -0.3 is 14.4 Å². The van der Waals surface area contributed by atoms with Gasteiger partial charge in [-0.2, -0.15) is 0 Å². The summed E-state index contributed by atoms with van der Waals surface area (Å²) in [7, 11) is 0. The van der Waals surface area contributed by atoms with Gasteiger partial charge in [-0.05, 0) is 47.7 Å². The van der Waals surface area contributed by atoms with Crippen molar-refractivity contribution >= 4 is 33.5 Å². The zero-order valence-corrected chi connectivity index (χ0v) is 25.0. The van der Waals surface area contributed by atoms with Crippen molar-refractivity contribution in [3.8, 4) is 22.5 Å². The second kappa shape index (κ2) is 12.0. The summed E-state index contributed by atoms with van der Waals surface area (Å²) in [6.45, 7) is 1.25. The van der Waals surface area contributed by atoms with Gasteiger partial charge in [-0.25, -0.2) is 0 Å². The van der Waals surface area contributed by atoms with Crippen molar-refractivity contribution in [2.24, 2.45) is 0 Å². The summed E-state index contributed by atoms with van der Waals surface area (Å²) in [5.74, 6) is -0.278. The molecule has 0 fully saturated rings. The van der Waals surface area contributed by atoms with Crippen LogP contribution in [-0.2, 0) is 25.5 Å². The van der Waals surface area contributed by atoms with Crippen LogP contribution in [0.4, 0.5) is 4.39 Å². The zero-order valence-electron chi connectivity index (χ0n) is 27.9. The Kier molecular flexibility index (Phi) is 6.71. The average Bonchev–Trinajstić information content (AvgIpc) is 3.37. The molecule has 6 aromatic rings. The van der Waals surface area contributed by atoms with Crippen LogP contribution in [0.1, 0.15) is 45.7 Å². The number of benzene rings is 3. The monoisotopic (exact) mass is 733 g/mol. The molecule has 0 unspecified atom stereocenters. The molecule has 6 heteroatoms. The fourth-order valence-corrected chi connectivity index (χ4v) is 4.29. The Hall–Kier alpha value is -3.37. The van der Waals surface area contributed by atoms with Crippen LogP contribution < -0.4 is 0 Å². The summed E-state index contributed by atoms with van der Waals surface area (Å²) in [6.07, 6.45) is 2.96. The number of aryl methyl sites for hydroxylation is 2. The Morgan fingerprint density at radius 1 is 0.875 bits per heavy atom. The maximum absolute atomic E-state index is 12.8. The van der Waals surface area contributed by atoms with E-state index in [-0.39, 0.29) is 48.2 Å². The van der Waals surface area contributed by atoms with E-state index in [1.807, 2.05) is 30.5 Å². The van der Waals surface area contributed by atoms with Crippen LogP contribution in [0.25, 0.3) is 44.5 Å². The van der Waals surface area contributed by atoms with Crippen LogP contribution in [-0.4, -0.2) is 9.97 Å². The van der Waals surface area contributed by atoms with Gasteiger partial charge in [-0.15, -0.1) is 48.0 Å². The van der Waals surface area contributed by atoms with Crippen LogP contribution in [0, 0.1) is 31.7 Å². The van der Waals surface area contributed by atoms with Gasteiger partial charge in [-0.3, -0.25) is 4.39 Å². The van der Waals surface area contributed by atoms with Gasteiger partial charge in [0.15, 0.2) is 0 Å². The predicted molar refractivity (Wildman–Crippen MR) is 157 cm³/mol. The number of halogens is 2. The Morgan fingerprint density at radius 3 is 2.33 bits per heavy atom. The second-order valence-corrected chi connectivity index (χ2v) is 10.4. The summed E-state index contributed by atoms with van der Waals surface area (Å²) >= 11 is 6.23. The average molecular weight is 733 g/mol. The molecule has 6 rings (SSSR count). The molecule has 3 aromatic carbocycles. The topological polar surface area (TPSA) is 38.9 Å². The number of aromatic nitrogens is 2. The van der Waals surface area contributed by atoms with Crippen molar-refractivity contribution in [2.45, 2.75) is 39.9 Å². The van der Waals surface area contributed by atoms with E-state index in [1.165, 1.54) is 23.8 Å². The summed E-state index contributed by atoms with van der Waals surface area (Å²) in [4.78, 5) is 8.59. The van der Waals surface area contributed by atoms with Crippen molar-refractivity contribution in [1.29, 1.82) is 0 Å². The van der Waals surface area contributed by atoms with E-state index in [1.54, 1.807) is 18.2 Å². The smallest absolute Gasteiger partial charge is 0.139 e. The number of nitrogens with zero attached hydrogens (tertiary/aromatic N) is 2. The molecular weight excluding hydrogens is 699 g/mol. The van der Waals surface area contributed by atoms with Gasteiger partial charge in [0, 0.05) is 51.9 Å². The number of furan rings is 1. The molecule has 205 valence electrons. The normalized spacial score (nSPS) is 14.0. The van der Waals surface area contributed by atoms with E-state index < -0.39 is 13.7 Å². The third kappa shape index (κ3) is 6.18. The van der Waals surface area contributed by atoms with Crippen molar-refractivity contribution < 1.29 is 37.1 Å². The SMILES string of the molecule is CC(C)(C)c1ccc(-c2[c-]cc(F)cc2)nc1.[2H]C([2H])([2H])c1cnc(-c2[c-]ccc3c2oc2c(Cl)cccc23)cc1C([2H])([2H])[2H].[Ir]. The Labute approximate surface area is 261 Å². The van der Waals surface area contributed by atoms with E-state index in [0.717, 1.165) is 28.2 Å². The Morgan fingerprint density at radius 2 is 1.65 bits per heavy atom. The van der Waals surface area contributed by atoms with Crippen LogP contribution >= 0.6 is 11.6 Å². The molecule has 0 amide bonds. The maximum atomic E-state index is 12.8. The molecule has 3 nitrogen and oxygen atoms in total.